The summed E-state index contributed by atoms with van der Waals surface area (Å²) in [5, 5.41) is 5.39. The van der Waals surface area contributed by atoms with Crippen LogP contribution in [0.1, 0.15) is 37.6 Å². The third-order valence-electron chi connectivity index (χ3n) is 5.26. The molecule has 0 fully saturated rings. The van der Waals surface area contributed by atoms with Gasteiger partial charge in [0.25, 0.3) is 11.8 Å². The van der Waals surface area contributed by atoms with Gasteiger partial charge in [-0.1, -0.05) is 54.1 Å². The molecule has 0 saturated heterocycles. The molecule has 1 heterocycles. The first kappa shape index (κ1) is 24.2. The fraction of sp³-hybridized carbons (Fsp3) is 0.0333. The lowest BCUT2D eigenvalue weighted by Gasteiger charge is -2.11. The van der Waals surface area contributed by atoms with Crippen molar-refractivity contribution in [2.45, 2.75) is 6.92 Å². The lowest BCUT2D eigenvalue weighted by atomic mass is 10.1. The van der Waals surface area contributed by atoms with Gasteiger partial charge in [0.2, 0.25) is 0 Å². The summed E-state index contributed by atoms with van der Waals surface area (Å²) in [6.45, 7) is 1.99. The van der Waals surface area contributed by atoms with Crippen LogP contribution in [0.25, 0.3) is 12.2 Å². The number of hydrogen-bond donors (Lipinski definition) is 2. The van der Waals surface area contributed by atoms with Gasteiger partial charge in [-0.15, -0.1) is 0 Å². The summed E-state index contributed by atoms with van der Waals surface area (Å²) < 4.78 is 5.30. The second-order valence-corrected chi connectivity index (χ2v) is 8.04. The molecule has 0 bridgehead atoms. The number of allylic oxidation sites excluding steroid dienone is 1. The molecule has 0 radical (unpaired) electrons. The number of rotatable bonds is 8. The number of nitrogens with one attached hydrogen (secondary N) is 2. The van der Waals surface area contributed by atoms with Gasteiger partial charge in [-0.05, 0) is 67.1 Å². The van der Waals surface area contributed by atoms with E-state index in [1.54, 1.807) is 72.8 Å². The zero-order valence-corrected chi connectivity index (χ0v) is 19.6. The molecule has 36 heavy (non-hydrogen) atoms. The van der Waals surface area contributed by atoms with Crippen LogP contribution in [0.15, 0.2) is 113 Å². The van der Waals surface area contributed by atoms with E-state index in [9.17, 15) is 14.4 Å². The van der Waals surface area contributed by atoms with Crippen LogP contribution < -0.4 is 10.6 Å². The van der Waals surface area contributed by atoms with E-state index < -0.39 is 11.8 Å². The minimum atomic E-state index is -0.533. The van der Waals surface area contributed by atoms with Crippen molar-refractivity contribution in [1.29, 1.82) is 0 Å². The molecule has 6 heteroatoms. The molecule has 0 aliphatic rings. The van der Waals surface area contributed by atoms with Crippen molar-refractivity contribution in [1.82, 2.24) is 5.32 Å². The van der Waals surface area contributed by atoms with Crippen molar-refractivity contribution in [3.63, 3.8) is 0 Å². The highest BCUT2D eigenvalue weighted by atomic mass is 16.3. The summed E-state index contributed by atoms with van der Waals surface area (Å²) >= 11 is 0. The average molecular weight is 477 g/mol. The normalized spacial score (nSPS) is 11.3. The Bertz CT molecular complexity index is 1420. The molecule has 2 amide bonds. The first-order chi connectivity index (χ1) is 17.5. The van der Waals surface area contributed by atoms with Gasteiger partial charge in [-0.3, -0.25) is 14.4 Å². The largest absolute Gasteiger partial charge is 0.465 e. The Labute approximate surface area is 209 Å². The quantitative estimate of drug-likeness (QED) is 0.245. The Morgan fingerprint density at radius 3 is 2.28 bits per heavy atom. The van der Waals surface area contributed by atoms with Crippen LogP contribution in [0.5, 0.6) is 0 Å². The van der Waals surface area contributed by atoms with Crippen LogP contribution in [0.3, 0.4) is 0 Å². The molecule has 0 aliphatic heterocycles. The Kier molecular flexibility index (Phi) is 7.68. The summed E-state index contributed by atoms with van der Waals surface area (Å²) in [7, 11) is 0. The van der Waals surface area contributed by atoms with Crippen molar-refractivity contribution in [3.05, 3.63) is 137 Å². The average Bonchev–Trinajstić information content (AvgIpc) is 3.41. The number of anilines is 1. The van der Waals surface area contributed by atoms with Crippen LogP contribution >= 0.6 is 0 Å². The van der Waals surface area contributed by atoms with Gasteiger partial charge in [0.05, 0.1) is 6.26 Å². The lowest BCUT2D eigenvalue weighted by Crippen LogP contribution is -2.30. The van der Waals surface area contributed by atoms with Crippen LogP contribution in [-0.2, 0) is 4.79 Å². The van der Waals surface area contributed by atoms with E-state index >= 15 is 0 Å². The molecule has 6 nitrogen and oxygen atoms in total. The summed E-state index contributed by atoms with van der Waals surface area (Å²) in [5.74, 6) is -0.697. The number of amides is 2. The van der Waals surface area contributed by atoms with Crippen LogP contribution in [0.4, 0.5) is 5.69 Å². The van der Waals surface area contributed by atoms with E-state index in [-0.39, 0.29) is 11.5 Å². The molecule has 2 N–H and O–H groups in total. The van der Waals surface area contributed by atoms with Crippen LogP contribution in [0, 0.1) is 6.92 Å². The van der Waals surface area contributed by atoms with E-state index in [0.29, 0.717) is 22.6 Å². The molecule has 3 aromatic carbocycles. The van der Waals surface area contributed by atoms with Crippen molar-refractivity contribution in [2.24, 2.45) is 0 Å². The fourth-order valence-corrected chi connectivity index (χ4v) is 3.42. The Morgan fingerprint density at radius 1 is 0.806 bits per heavy atom. The second kappa shape index (κ2) is 11.4. The van der Waals surface area contributed by atoms with Crippen molar-refractivity contribution >= 4 is 35.4 Å². The zero-order valence-electron chi connectivity index (χ0n) is 19.6. The third kappa shape index (κ3) is 6.55. The van der Waals surface area contributed by atoms with E-state index in [1.807, 2.05) is 31.2 Å². The maximum Gasteiger partial charge on any atom is 0.272 e. The molecular formula is C30H24N2O4. The van der Waals surface area contributed by atoms with Crippen molar-refractivity contribution in [3.8, 4) is 0 Å². The minimum absolute atomic E-state index is 0.0139. The molecule has 178 valence electrons. The number of benzene rings is 3. The molecule has 0 unspecified atom stereocenters. The Morgan fingerprint density at radius 2 is 1.58 bits per heavy atom. The second-order valence-electron chi connectivity index (χ2n) is 8.04. The zero-order chi connectivity index (χ0) is 25.3. The monoisotopic (exact) mass is 476 g/mol. The van der Waals surface area contributed by atoms with E-state index in [4.69, 9.17) is 4.42 Å². The highest BCUT2D eigenvalue weighted by Crippen LogP contribution is 2.15. The molecule has 4 rings (SSSR count). The van der Waals surface area contributed by atoms with Gasteiger partial charge < -0.3 is 15.1 Å². The molecule has 0 atom stereocenters. The highest BCUT2D eigenvalue weighted by Gasteiger charge is 2.16. The molecule has 0 spiro atoms. The highest BCUT2D eigenvalue weighted by molar-refractivity contribution is 6.11. The van der Waals surface area contributed by atoms with Crippen molar-refractivity contribution < 1.29 is 18.8 Å². The first-order valence-corrected chi connectivity index (χ1v) is 11.3. The summed E-state index contributed by atoms with van der Waals surface area (Å²) in [6, 6.07) is 26.3. The van der Waals surface area contributed by atoms with Gasteiger partial charge in [0.1, 0.15) is 11.5 Å². The third-order valence-corrected chi connectivity index (χ3v) is 5.26. The van der Waals surface area contributed by atoms with Gasteiger partial charge >= 0.3 is 0 Å². The molecular weight excluding hydrogens is 452 g/mol. The summed E-state index contributed by atoms with van der Waals surface area (Å²) in [6.07, 6.45) is 6.21. The summed E-state index contributed by atoms with van der Waals surface area (Å²) in [5.41, 5.74) is 3.45. The van der Waals surface area contributed by atoms with E-state index in [0.717, 1.165) is 11.1 Å². The maximum atomic E-state index is 13.0. The topological polar surface area (TPSA) is 88.4 Å². The van der Waals surface area contributed by atoms with Gasteiger partial charge in [0.15, 0.2) is 5.78 Å². The van der Waals surface area contributed by atoms with Gasteiger partial charge in [0, 0.05) is 22.9 Å². The van der Waals surface area contributed by atoms with Crippen LogP contribution in [0.2, 0.25) is 0 Å². The predicted octanol–water partition coefficient (Wildman–Crippen LogP) is 5.89. The standard InChI is InChI=1S/C30H24N2O4/c1-21-7-5-8-22(19-21)12-17-28(33)23-13-15-25(16-14-23)31-30(35)27(20-26-11-6-18-36-26)32-29(34)24-9-3-2-4-10-24/h2-20H,1H3,(H,31,35)(H,32,34)/b17-12+,27-20-. The Balaban J connectivity index is 1.45. The van der Waals surface area contributed by atoms with E-state index in [1.165, 1.54) is 18.4 Å². The maximum absolute atomic E-state index is 13.0. The smallest absolute Gasteiger partial charge is 0.272 e. The lowest BCUT2D eigenvalue weighted by molar-refractivity contribution is -0.113. The minimum Gasteiger partial charge on any atom is -0.465 e. The number of carbonyl (C=O) groups excluding carboxylic acids is 3. The number of furan rings is 1. The van der Waals surface area contributed by atoms with Crippen molar-refractivity contribution in [2.75, 3.05) is 5.32 Å². The number of aryl methyl sites for hydroxylation is 1. The molecule has 4 aromatic rings. The molecule has 1 aromatic heterocycles. The van der Waals surface area contributed by atoms with Gasteiger partial charge in [-0.2, -0.15) is 0 Å². The molecule has 0 saturated carbocycles. The number of hydrogen-bond acceptors (Lipinski definition) is 4. The summed E-state index contributed by atoms with van der Waals surface area (Å²) in [4.78, 5) is 38.2. The number of ketones is 1. The van der Waals surface area contributed by atoms with Crippen LogP contribution in [-0.4, -0.2) is 17.6 Å². The first-order valence-electron chi connectivity index (χ1n) is 11.3. The van der Waals surface area contributed by atoms with E-state index in [2.05, 4.69) is 10.6 Å². The van der Waals surface area contributed by atoms with Gasteiger partial charge in [-0.25, -0.2) is 0 Å². The SMILES string of the molecule is Cc1cccc(/C=C/C(=O)c2ccc(NC(=O)/C(=C/c3ccco3)NC(=O)c3ccccc3)cc2)c1. The molecule has 0 aliphatic carbocycles. The predicted molar refractivity (Wildman–Crippen MR) is 140 cm³/mol. The fourth-order valence-electron chi connectivity index (χ4n) is 3.42. The Hall–Kier alpha value is -4.97. The number of carbonyl (C=O) groups is 3.